The number of nitrogens with zero attached hydrogens (tertiary/aromatic N) is 4. The first-order valence-corrected chi connectivity index (χ1v) is 13.2. The number of halogens is 2. The molecule has 2 aromatic carbocycles. The van der Waals surface area contributed by atoms with E-state index < -0.39 is 17.9 Å². The highest BCUT2D eigenvalue weighted by atomic mass is 35.5. The summed E-state index contributed by atoms with van der Waals surface area (Å²) in [6.07, 6.45) is 1.57. The molecule has 0 aliphatic carbocycles. The number of methoxy groups -OCH3 is 1. The van der Waals surface area contributed by atoms with Gasteiger partial charge in [0.15, 0.2) is 5.69 Å². The summed E-state index contributed by atoms with van der Waals surface area (Å²) in [6.45, 7) is 5.86. The number of benzene rings is 2. The summed E-state index contributed by atoms with van der Waals surface area (Å²) in [5.41, 5.74) is 3.75. The van der Waals surface area contributed by atoms with Crippen molar-refractivity contribution in [2.75, 3.05) is 12.0 Å². The van der Waals surface area contributed by atoms with Crippen molar-refractivity contribution in [2.45, 2.75) is 32.7 Å². The van der Waals surface area contributed by atoms with E-state index in [9.17, 15) is 19.5 Å². The van der Waals surface area contributed by atoms with Gasteiger partial charge < -0.3 is 14.4 Å². The lowest BCUT2D eigenvalue weighted by molar-refractivity contribution is 0.0696. The lowest BCUT2D eigenvalue weighted by Crippen LogP contribution is -2.32. The fourth-order valence-electron chi connectivity index (χ4n) is 5.25. The van der Waals surface area contributed by atoms with E-state index in [2.05, 4.69) is 0 Å². The third kappa shape index (κ3) is 4.35. The van der Waals surface area contributed by atoms with Gasteiger partial charge in [-0.2, -0.15) is 5.10 Å². The van der Waals surface area contributed by atoms with Crippen molar-refractivity contribution in [3.8, 4) is 11.4 Å². The number of carbonyl (C=O) groups is 2. The minimum Gasteiger partial charge on any atom is -0.494 e. The van der Waals surface area contributed by atoms with Crippen LogP contribution in [0.3, 0.4) is 0 Å². The number of pyridine rings is 1. The first kappa shape index (κ1) is 27.5. The normalized spacial score (nSPS) is 14.7. The molecule has 0 fully saturated rings. The Morgan fingerprint density at radius 2 is 1.82 bits per heavy atom. The number of anilines is 1. The number of ether oxygens (including phenoxy) is 1. The Balaban J connectivity index is 1.84. The molecular weight excluding hydrogens is 555 g/mol. The molecule has 40 heavy (non-hydrogen) atoms. The Hall–Kier alpha value is -4.08. The maximum Gasteiger partial charge on any atom is 0.335 e. The van der Waals surface area contributed by atoms with E-state index in [1.54, 1.807) is 35.0 Å². The van der Waals surface area contributed by atoms with E-state index in [4.69, 9.17) is 33.0 Å². The van der Waals surface area contributed by atoms with Crippen LogP contribution in [0, 0.1) is 6.92 Å². The summed E-state index contributed by atoms with van der Waals surface area (Å²) in [5.74, 6) is -1.22. The maximum atomic E-state index is 14.2. The van der Waals surface area contributed by atoms with E-state index in [1.165, 1.54) is 29.9 Å². The number of aromatic nitrogens is 3. The van der Waals surface area contributed by atoms with Crippen molar-refractivity contribution >= 4 is 40.8 Å². The number of carboxylic acids is 1. The summed E-state index contributed by atoms with van der Waals surface area (Å²) in [7, 11) is 3.06. The molecule has 1 amide bonds. The molecule has 1 aliphatic rings. The average Bonchev–Trinajstić information content (AvgIpc) is 3.42. The molecule has 206 valence electrons. The van der Waals surface area contributed by atoms with Gasteiger partial charge >= 0.3 is 5.97 Å². The summed E-state index contributed by atoms with van der Waals surface area (Å²) in [5, 5.41) is 14.9. The minimum absolute atomic E-state index is 0.0201. The van der Waals surface area contributed by atoms with Crippen LogP contribution in [0.5, 0.6) is 5.75 Å². The molecule has 0 saturated carbocycles. The Labute approximate surface area is 240 Å². The molecule has 4 aromatic rings. The van der Waals surface area contributed by atoms with Crippen LogP contribution in [-0.2, 0) is 7.05 Å². The second-order valence-corrected chi connectivity index (χ2v) is 10.8. The molecule has 3 heterocycles. The van der Waals surface area contributed by atoms with E-state index in [-0.39, 0.29) is 27.8 Å². The van der Waals surface area contributed by atoms with E-state index >= 15 is 0 Å². The number of hydrogen-bond acceptors (Lipinski definition) is 5. The predicted octanol–water partition coefficient (Wildman–Crippen LogP) is 5.77. The van der Waals surface area contributed by atoms with Crippen molar-refractivity contribution in [2.24, 2.45) is 7.05 Å². The summed E-state index contributed by atoms with van der Waals surface area (Å²) < 4.78 is 8.49. The van der Waals surface area contributed by atoms with Gasteiger partial charge in [-0.1, -0.05) is 43.1 Å². The van der Waals surface area contributed by atoms with Crippen LogP contribution >= 0.6 is 23.2 Å². The highest BCUT2D eigenvalue weighted by molar-refractivity contribution is 6.31. The molecule has 0 spiro atoms. The van der Waals surface area contributed by atoms with Gasteiger partial charge in [0.05, 0.1) is 30.1 Å². The SMILES string of the molecule is COc1ccc(C(=O)O)cc1-n1nc2c(c1C(C)C)C(c1ccc(Cl)cc1C)N(c1cc(Cl)c(=O)n(C)c1)C2=O. The van der Waals surface area contributed by atoms with Crippen LogP contribution in [0.4, 0.5) is 5.69 Å². The summed E-state index contributed by atoms with van der Waals surface area (Å²) in [6, 6.07) is 10.8. The highest BCUT2D eigenvalue weighted by Crippen LogP contribution is 2.47. The van der Waals surface area contributed by atoms with Crippen molar-refractivity contribution in [1.29, 1.82) is 0 Å². The molecule has 0 saturated heterocycles. The number of carbonyl (C=O) groups excluding carboxylic acids is 1. The predicted molar refractivity (Wildman–Crippen MR) is 153 cm³/mol. The van der Waals surface area contributed by atoms with Crippen LogP contribution in [-0.4, -0.2) is 38.4 Å². The van der Waals surface area contributed by atoms with Gasteiger partial charge in [0.2, 0.25) is 0 Å². The second kappa shape index (κ2) is 10.1. The molecule has 0 bridgehead atoms. The molecule has 9 nitrogen and oxygen atoms in total. The Morgan fingerprint density at radius 1 is 1.10 bits per heavy atom. The van der Waals surface area contributed by atoms with Crippen LogP contribution < -0.4 is 15.2 Å². The lowest BCUT2D eigenvalue weighted by Gasteiger charge is -2.29. The van der Waals surface area contributed by atoms with Crippen LogP contribution in [0.1, 0.15) is 69.0 Å². The summed E-state index contributed by atoms with van der Waals surface area (Å²) >= 11 is 12.6. The van der Waals surface area contributed by atoms with Crippen LogP contribution in [0.2, 0.25) is 10.0 Å². The first-order chi connectivity index (χ1) is 18.9. The highest BCUT2D eigenvalue weighted by Gasteiger charge is 2.45. The number of fused-ring (bicyclic) bond motifs is 1. The Bertz CT molecular complexity index is 1730. The van der Waals surface area contributed by atoms with Crippen molar-refractivity contribution in [1.82, 2.24) is 14.3 Å². The lowest BCUT2D eigenvalue weighted by atomic mass is 9.92. The summed E-state index contributed by atoms with van der Waals surface area (Å²) in [4.78, 5) is 39.9. The van der Waals surface area contributed by atoms with Gasteiger partial charge in [-0.25, -0.2) is 9.48 Å². The second-order valence-electron chi connectivity index (χ2n) is 9.95. The largest absolute Gasteiger partial charge is 0.494 e. The van der Waals surface area contributed by atoms with Crippen molar-refractivity contribution < 1.29 is 19.4 Å². The third-order valence-corrected chi connectivity index (χ3v) is 7.55. The molecule has 5 rings (SSSR count). The molecule has 1 aliphatic heterocycles. The number of aromatic carboxylic acids is 1. The topological polar surface area (TPSA) is 107 Å². The number of aryl methyl sites for hydroxylation is 2. The zero-order valence-electron chi connectivity index (χ0n) is 22.4. The zero-order valence-corrected chi connectivity index (χ0v) is 23.9. The van der Waals surface area contributed by atoms with Gasteiger partial charge in [-0.3, -0.25) is 14.5 Å². The zero-order chi connectivity index (χ0) is 29.0. The van der Waals surface area contributed by atoms with Crippen LogP contribution in [0.25, 0.3) is 5.69 Å². The standard InChI is InChI=1S/C29H26Cl2N4O5/c1-14(2)25-23-24(32-35(25)21-11-16(29(38)39)6-9-22(21)40-5)28(37)34(18-12-20(31)27(36)33(4)13-18)26(23)19-8-7-17(30)10-15(19)3/h6-14,26H,1-5H3,(H,38,39). The fraction of sp³-hybridized carbons (Fsp3) is 0.241. The van der Waals surface area contributed by atoms with Gasteiger partial charge in [0.25, 0.3) is 11.5 Å². The molecule has 1 unspecified atom stereocenters. The number of hydrogen-bond donors (Lipinski definition) is 1. The average molecular weight is 581 g/mol. The quantitative estimate of drug-likeness (QED) is 0.310. The van der Waals surface area contributed by atoms with E-state index in [0.29, 0.717) is 33.4 Å². The molecule has 0 radical (unpaired) electrons. The molecule has 1 N–H and O–H groups in total. The van der Waals surface area contributed by atoms with Gasteiger partial charge in [-0.05, 0) is 60.4 Å². The number of amides is 1. The smallest absolute Gasteiger partial charge is 0.335 e. The Kier molecular flexibility index (Phi) is 6.97. The van der Waals surface area contributed by atoms with E-state index in [1.807, 2.05) is 32.9 Å². The van der Waals surface area contributed by atoms with Gasteiger partial charge in [-0.15, -0.1) is 0 Å². The van der Waals surface area contributed by atoms with Crippen molar-refractivity contribution in [3.05, 3.63) is 103 Å². The number of carboxylic acid groups (broad SMARTS) is 1. The number of rotatable bonds is 6. The van der Waals surface area contributed by atoms with E-state index in [0.717, 1.165) is 11.1 Å². The molecular formula is C29H26Cl2N4O5. The molecule has 2 aromatic heterocycles. The fourth-order valence-corrected chi connectivity index (χ4v) is 5.72. The monoisotopic (exact) mass is 580 g/mol. The molecule has 1 atom stereocenters. The molecule has 11 heteroatoms. The first-order valence-electron chi connectivity index (χ1n) is 12.4. The van der Waals surface area contributed by atoms with Gasteiger partial charge in [0.1, 0.15) is 16.5 Å². The van der Waals surface area contributed by atoms with Crippen LogP contribution in [0.15, 0.2) is 53.5 Å². The third-order valence-electron chi connectivity index (χ3n) is 7.04. The Morgan fingerprint density at radius 3 is 2.42 bits per heavy atom. The maximum absolute atomic E-state index is 14.2. The van der Waals surface area contributed by atoms with Gasteiger partial charge in [0, 0.05) is 23.8 Å². The van der Waals surface area contributed by atoms with Crippen molar-refractivity contribution in [3.63, 3.8) is 0 Å². The minimum atomic E-state index is -1.10.